The van der Waals surface area contributed by atoms with Gasteiger partial charge in [-0.25, -0.2) is 4.98 Å². The van der Waals surface area contributed by atoms with Crippen molar-refractivity contribution in [2.45, 2.75) is 13.8 Å². The number of anilines is 1. The molecular weight excluding hydrogens is 242 g/mol. The number of nitro groups is 1. The average molecular weight is 251 g/mol. The third-order valence-electron chi connectivity index (χ3n) is 2.14. The number of aryl methyl sites for hydroxylation is 1. The van der Waals surface area contributed by atoms with Gasteiger partial charge in [0, 0.05) is 13.0 Å². The van der Waals surface area contributed by atoms with E-state index < -0.39 is 4.92 Å². The Hall–Kier alpha value is -2.02. The molecule has 2 aromatic rings. The maximum atomic E-state index is 11.0. The molecule has 0 bridgehead atoms. The topological polar surface area (TPSA) is 85.1 Å². The number of benzene rings is 1. The Morgan fingerprint density at radius 2 is 2.24 bits per heavy atom. The number of nitrogens with zero attached hydrogens (tertiary/aromatic N) is 2. The molecule has 0 aliphatic rings. The van der Waals surface area contributed by atoms with Crippen molar-refractivity contribution in [2.24, 2.45) is 0 Å². The minimum atomic E-state index is -0.473. The molecule has 0 spiro atoms. The number of amides is 1. The van der Waals surface area contributed by atoms with Crippen LogP contribution in [0.2, 0.25) is 0 Å². The summed E-state index contributed by atoms with van der Waals surface area (Å²) in [7, 11) is 0. The van der Waals surface area contributed by atoms with Crippen LogP contribution in [0.15, 0.2) is 12.1 Å². The summed E-state index contributed by atoms with van der Waals surface area (Å²) in [5.74, 6) is -0.216. The lowest BCUT2D eigenvalue weighted by Crippen LogP contribution is -2.05. The van der Waals surface area contributed by atoms with Crippen LogP contribution in [0.4, 0.5) is 11.4 Å². The van der Waals surface area contributed by atoms with Crippen molar-refractivity contribution >= 4 is 38.8 Å². The lowest BCUT2D eigenvalue weighted by molar-refractivity contribution is -0.383. The highest BCUT2D eigenvalue weighted by atomic mass is 32.1. The van der Waals surface area contributed by atoms with Crippen LogP contribution in [0.1, 0.15) is 11.9 Å². The zero-order chi connectivity index (χ0) is 12.6. The first-order valence-electron chi connectivity index (χ1n) is 4.81. The number of rotatable bonds is 2. The number of nitro benzene ring substituents is 1. The fraction of sp³-hybridized carbons (Fsp3) is 0.200. The van der Waals surface area contributed by atoms with E-state index >= 15 is 0 Å². The van der Waals surface area contributed by atoms with E-state index in [0.29, 0.717) is 15.9 Å². The molecule has 1 aromatic carbocycles. The number of non-ortho nitro benzene ring substituents is 1. The van der Waals surface area contributed by atoms with Gasteiger partial charge in [-0.1, -0.05) is 0 Å². The summed E-state index contributed by atoms with van der Waals surface area (Å²) in [6.45, 7) is 3.16. The van der Waals surface area contributed by atoms with E-state index in [-0.39, 0.29) is 11.6 Å². The maximum Gasteiger partial charge on any atom is 0.296 e. The lowest BCUT2D eigenvalue weighted by atomic mass is 10.2. The zero-order valence-corrected chi connectivity index (χ0v) is 10.00. The molecule has 17 heavy (non-hydrogen) atoms. The third-order valence-corrected chi connectivity index (χ3v) is 3.14. The quantitative estimate of drug-likeness (QED) is 0.656. The Balaban J connectivity index is 2.69. The van der Waals surface area contributed by atoms with Gasteiger partial charge in [-0.05, 0) is 13.0 Å². The SMILES string of the molecule is CC(=O)Nc1ccc([N+](=O)[O-])c2nc(C)sc12. The van der Waals surface area contributed by atoms with Crippen LogP contribution in [-0.4, -0.2) is 15.8 Å². The number of carbonyl (C=O) groups is 1. The molecule has 6 nitrogen and oxygen atoms in total. The summed E-state index contributed by atoms with van der Waals surface area (Å²) in [5.41, 5.74) is 0.839. The van der Waals surface area contributed by atoms with Gasteiger partial charge in [0.25, 0.3) is 5.69 Å². The molecule has 0 aliphatic carbocycles. The summed E-state index contributed by atoms with van der Waals surface area (Å²) in [6.07, 6.45) is 0. The van der Waals surface area contributed by atoms with Crippen molar-refractivity contribution in [2.75, 3.05) is 5.32 Å². The van der Waals surface area contributed by atoms with Gasteiger partial charge in [0.05, 0.1) is 20.3 Å². The van der Waals surface area contributed by atoms with E-state index in [1.807, 2.05) is 0 Å². The Bertz CT molecular complexity index is 621. The van der Waals surface area contributed by atoms with Crippen molar-refractivity contribution in [3.8, 4) is 0 Å². The number of fused-ring (bicyclic) bond motifs is 1. The Morgan fingerprint density at radius 3 is 2.82 bits per heavy atom. The fourth-order valence-corrected chi connectivity index (χ4v) is 2.44. The molecule has 0 atom stereocenters. The van der Waals surface area contributed by atoms with Crippen molar-refractivity contribution in [1.29, 1.82) is 0 Å². The monoisotopic (exact) mass is 251 g/mol. The number of hydrogen-bond acceptors (Lipinski definition) is 5. The molecule has 1 amide bonds. The summed E-state index contributed by atoms with van der Waals surface area (Å²) >= 11 is 1.32. The molecule has 0 fully saturated rings. The van der Waals surface area contributed by atoms with Gasteiger partial charge in [0.2, 0.25) is 5.91 Å². The first-order valence-corrected chi connectivity index (χ1v) is 5.63. The molecular formula is C10H9N3O3S. The van der Waals surface area contributed by atoms with E-state index in [0.717, 1.165) is 5.01 Å². The second-order valence-electron chi connectivity index (χ2n) is 3.48. The Morgan fingerprint density at radius 1 is 1.53 bits per heavy atom. The number of aromatic nitrogens is 1. The summed E-state index contributed by atoms with van der Waals surface area (Å²) in [5, 5.41) is 14.2. The van der Waals surface area contributed by atoms with Crippen molar-refractivity contribution in [1.82, 2.24) is 4.98 Å². The first kappa shape index (κ1) is 11.5. The highest BCUT2D eigenvalue weighted by Gasteiger charge is 2.18. The molecule has 0 saturated carbocycles. The molecule has 7 heteroatoms. The Kier molecular flexibility index (Phi) is 2.76. The van der Waals surface area contributed by atoms with Crippen LogP contribution in [0, 0.1) is 17.0 Å². The van der Waals surface area contributed by atoms with Crippen molar-refractivity contribution < 1.29 is 9.72 Å². The second-order valence-corrected chi connectivity index (χ2v) is 4.68. The van der Waals surface area contributed by atoms with Gasteiger partial charge in [0.1, 0.15) is 0 Å². The average Bonchev–Trinajstić information content (AvgIpc) is 2.58. The number of carbonyl (C=O) groups excluding carboxylic acids is 1. The van der Waals surface area contributed by atoms with E-state index in [2.05, 4.69) is 10.3 Å². The summed E-state index contributed by atoms with van der Waals surface area (Å²) in [6, 6.07) is 2.88. The molecule has 0 radical (unpaired) electrons. The number of thiazole rings is 1. The third kappa shape index (κ3) is 2.09. The van der Waals surface area contributed by atoms with Crippen LogP contribution in [-0.2, 0) is 4.79 Å². The van der Waals surface area contributed by atoms with Gasteiger partial charge in [-0.15, -0.1) is 11.3 Å². The largest absolute Gasteiger partial charge is 0.325 e. The van der Waals surface area contributed by atoms with Crippen LogP contribution >= 0.6 is 11.3 Å². The zero-order valence-electron chi connectivity index (χ0n) is 9.18. The van der Waals surface area contributed by atoms with Gasteiger partial charge in [-0.3, -0.25) is 14.9 Å². The highest BCUT2D eigenvalue weighted by molar-refractivity contribution is 7.19. The minimum absolute atomic E-state index is 0.0431. The van der Waals surface area contributed by atoms with Crippen LogP contribution in [0.5, 0.6) is 0 Å². The van der Waals surface area contributed by atoms with Gasteiger partial charge in [-0.2, -0.15) is 0 Å². The number of hydrogen-bond donors (Lipinski definition) is 1. The first-order chi connectivity index (χ1) is 7.99. The predicted molar refractivity (Wildman–Crippen MR) is 65.3 cm³/mol. The Labute approximate surface area is 100 Å². The molecule has 1 aromatic heterocycles. The standard InChI is InChI=1S/C10H9N3O3S/c1-5(14)11-7-3-4-8(13(15)16)9-10(7)17-6(2)12-9/h3-4H,1-2H3,(H,11,14). The molecule has 0 aliphatic heterocycles. The molecule has 2 rings (SSSR count). The fourth-order valence-electron chi connectivity index (χ4n) is 1.54. The number of nitrogens with one attached hydrogen (secondary N) is 1. The van der Waals surface area contributed by atoms with Crippen molar-refractivity contribution in [3.05, 3.63) is 27.3 Å². The van der Waals surface area contributed by atoms with Crippen LogP contribution in [0.25, 0.3) is 10.2 Å². The van der Waals surface area contributed by atoms with E-state index in [1.54, 1.807) is 6.92 Å². The molecule has 0 saturated heterocycles. The van der Waals surface area contributed by atoms with E-state index in [1.165, 1.54) is 30.4 Å². The highest BCUT2D eigenvalue weighted by Crippen LogP contribution is 2.35. The normalized spacial score (nSPS) is 10.5. The predicted octanol–water partition coefficient (Wildman–Crippen LogP) is 2.47. The van der Waals surface area contributed by atoms with E-state index in [9.17, 15) is 14.9 Å². The molecule has 1 N–H and O–H groups in total. The molecule has 1 heterocycles. The lowest BCUT2D eigenvalue weighted by Gasteiger charge is -2.02. The van der Waals surface area contributed by atoms with Gasteiger partial charge < -0.3 is 5.32 Å². The van der Waals surface area contributed by atoms with Crippen LogP contribution < -0.4 is 5.32 Å². The van der Waals surface area contributed by atoms with Gasteiger partial charge in [0.15, 0.2) is 5.52 Å². The molecule has 0 unspecified atom stereocenters. The van der Waals surface area contributed by atoms with E-state index in [4.69, 9.17) is 0 Å². The summed E-state index contributed by atoms with van der Waals surface area (Å²) < 4.78 is 0.631. The molecule has 88 valence electrons. The maximum absolute atomic E-state index is 11.0. The smallest absolute Gasteiger partial charge is 0.296 e. The summed E-state index contributed by atoms with van der Waals surface area (Å²) in [4.78, 5) is 25.5. The van der Waals surface area contributed by atoms with Crippen LogP contribution in [0.3, 0.4) is 0 Å². The minimum Gasteiger partial charge on any atom is -0.325 e. The second kappa shape index (κ2) is 4.10. The van der Waals surface area contributed by atoms with Gasteiger partial charge >= 0.3 is 0 Å². The van der Waals surface area contributed by atoms with Crippen molar-refractivity contribution in [3.63, 3.8) is 0 Å².